The van der Waals surface area contributed by atoms with E-state index in [0.717, 1.165) is 17.7 Å². The van der Waals surface area contributed by atoms with Gasteiger partial charge in [0, 0.05) is 31.1 Å². The number of ether oxygens (including phenoxy) is 1. The highest BCUT2D eigenvalue weighted by Crippen LogP contribution is 2.29. The normalized spacial score (nSPS) is 22.8. The van der Waals surface area contributed by atoms with Crippen LogP contribution in [0.3, 0.4) is 0 Å². The van der Waals surface area contributed by atoms with Crippen LogP contribution in [0.15, 0.2) is 18.2 Å². The molecular weight excluding hydrogens is 316 g/mol. The summed E-state index contributed by atoms with van der Waals surface area (Å²) in [4.78, 5) is 14.0. The van der Waals surface area contributed by atoms with Gasteiger partial charge in [0.25, 0.3) is 0 Å². The third-order valence-corrected chi connectivity index (χ3v) is 6.17. The molecule has 1 aromatic carbocycles. The summed E-state index contributed by atoms with van der Waals surface area (Å²) in [6.45, 7) is 3.21. The van der Waals surface area contributed by atoms with Crippen LogP contribution in [-0.2, 0) is 22.8 Å². The van der Waals surface area contributed by atoms with E-state index in [1.807, 2.05) is 25.1 Å². The van der Waals surface area contributed by atoms with E-state index in [9.17, 15) is 13.2 Å². The largest absolute Gasteiger partial charge is 0.493 e. The van der Waals surface area contributed by atoms with Crippen LogP contribution in [-0.4, -0.2) is 50.0 Å². The first kappa shape index (κ1) is 16.1. The molecule has 0 aromatic heterocycles. The number of hydrogen-bond acceptors (Lipinski definition) is 4. The predicted molar refractivity (Wildman–Crippen MR) is 87.3 cm³/mol. The van der Waals surface area contributed by atoms with Crippen molar-refractivity contribution in [3.05, 3.63) is 29.3 Å². The Morgan fingerprint density at radius 3 is 3.04 bits per heavy atom. The molecule has 1 fully saturated rings. The molecule has 0 bridgehead atoms. The van der Waals surface area contributed by atoms with Gasteiger partial charge in [-0.2, -0.15) is 0 Å². The van der Waals surface area contributed by atoms with Crippen LogP contribution in [0.1, 0.15) is 24.5 Å². The molecule has 0 saturated carbocycles. The molecule has 1 N–H and O–H groups in total. The number of fused-ring (bicyclic) bond motifs is 1. The lowest BCUT2D eigenvalue weighted by Gasteiger charge is -2.26. The van der Waals surface area contributed by atoms with E-state index < -0.39 is 9.84 Å². The van der Waals surface area contributed by atoms with Crippen LogP contribution in [0.4, 0.5) is 4.79 Å². The Bertz CT molecular complexity index is 702. The SMILES string of the molecule is CC1CCS(=O)(=O)CCN1C(=O)NCc1cccc2c1OCC2. The van der Waals surface area contributed by atoms with Gasteiger partial charge in [-0.1, -0.05) is 18.2 Å². The van der Waals surface area contributed by atoms with Gasteiger partial charge in [0.2, 0.25) is 0 Å². The fourth-order valence-electron chi connectivity index (χ4n) is 3.06. The topological polar surface area (TPSA) is 75.7 Å². The molecule has 2 heterocycles. The zero-order chi connectivity index (χ0) is 16.4. The fraction of sp³-hybridized carbons (Fsp3) is 0.562. The third-order valence-electron chi connectivity index (χ3n) is 4.51. The predicted octanol–water partition coefficient (Wildman–Crippen LogP) is 1.34. The van der Waals surface area contributed by atoms with Crippen molar-refractivity contribution >= 4 is 15.9 Å². The Kier molecular flexibility index (Phi) is 4.48. The summed E-state index contributed by atoms with van der Waals surface area (Å²) >= 11 is 0. The zero-order valence-electron chi connectivity index (χ0n) is 13.2. The molecule has 23 heavy (non-hydrogen) atoms. The fourth-order valence-corrected chi connectivity index (χ4v) is 4.44. The van der Waals surface area contributed by atoms with Crippen molar-refractivity contribution in [1.29, 1.82) is 0 Å². The van der Waals surface area contributed by atoms with Gasteiger partial charge in [-0.15, -0.1) is 0 Å². The van der Waals surface area contributed by atoms with Crippen LogP contribution in [0, 0.1) is 0 Å². The van der Waals surface area contributed by atoms with E-state index in [0.29, 0.717) is 19.6 Å². The lowest BCUT2D eigenvalue weighted by Crippen LogP contribution is -2.45. The standard InChI is InChI=1S/C16H22N2O4S/c1-12-6-9-23(20,21)10-7-18(12)16(19)17-11-14-4-2-3-13-5-8-22-15(13)14/h2-4,12H,5-11H2,1H3,(H,17,19). The van der Waals surface area contributed by atoms with Crippen molar-refractivity contribution < 1.29 is 17.9 Å². The Hall–Kier alpha value is -1.76. The van der Waals surface area contributed by atoms with Crippen molar-refractivity contribution in [3.63, 3.8) is 0 Å². The van der Waals surface area contributed by atoms with Crippen molar-refractivity contribution in [1.82, 2.24) is 10.2 Å². The van der Waals surface area contributed by atoms with Crippen molar-refractivity contribution in [2.45, 2.75) is 32.4 Å². The van der Waals surface area contributed by atoms with Gasteiger partial charge in [0.05, 0.1) is 18.1 Å². The summed E-state index contributed by atoms with van der Waals surface area (Å²) in [5.74, 6) is 1.06. The second kappa shape index (κ2) is 6.39. The first-order valence-electron chi connectivity index (χ1n) is 7.95. The molecule has 3 rings (SSSR count). The first-order chi connectivity index (χ1) is 11.0. The van der Waals surface area contributed by atoms with E-state index in [2.05, 4.69) is 5.32 Å². The average molecular weight is 338 g/mol. The summed E-state index contributed by atoms with van der Waals surface area (Å²) in [6, 6.07) is 5.65. The maximum absolute atomic E-state index is 12.4. The van der Waals surface area contributed by atoms with Crippen LogP contribution in [0.25, 0.3) is 0 Å². The number of urea groups is 1. The molecule has 1 aromatic rings. The minimum absolute atomic E-state index is 0.0363. The zero-order valence-corrected chi connectivity index (χ0v) is 14.1. The number of para-hydroxylation sites is 1. The molecule has 1 saturated heterocycles. The highest BCUT2D eigenvalue weighted by atomic mass is 32.2. The first-order valence-corrected chi connectivity index (χ1v) is 9.77. The number of carbonyl (C=O) groups excluding carboxylic acids is 1. The van der Waals surface area contributed by atoms with E-state index in [-0.39, 0.29) is 30.1 Å². The lowest BCUT2D eigenvalue weighted by molar-refractivity contribution is 0.182. The van der Waals surface area contributed by atoms with E-state index >= 15 is 0 Å². The Balaban J connectivity index is 1.64. The molecule has 126 valence electrons. The summed E-state index contributed by atoms with van der Waals surface area (Å²) in [5, 5.41) is 2.90. The minimum atomic E-state index is -3.04. The number of amides is 2. The molecule has 2 aliphatic heterocycles. The second-order valence-corrected chi connectivity index (χ2v) is 8.45. The number of sulfone groups is 1. The number of benzene rings is 1. The highest BCUT2D eigenvalue weighted by molar-refractivity contribution is 7.91. The monoisotopic (exact) mass is 338 g/mol. The van der Waals surface area contributed by atoms with Crippen LogP contribution in [0.5, 0.6) is 5.75 Å². The van der Waals surface area contributed by atoms with Gasteiger partial charge in [-0.25, -0.2) is 13.2 Å². The summed E-state index contributed by atoms with van der Waals surface area (Å²) in [6.07, 6.45) is 1.39. The third kappa shape index (κ3) is 3.60. The van der Waals surface area contributed by atoms with E-state index in [1.165, 1.54) is 5.56 Å². The van der Waals surface area contributed by atoms with Gasteiger partial charge >= 0.3 is 6.03 Å². The molecule has 2 aliphatic rings. The second-order valence-electron chi connectivity index (χ2n) is 6.15. The summed E-state index contributed by atoms with van der Waals surface area (Å²) in [7, 11) is -3.04. The van der Waals surface area contributed by atoms with Crippen molar-refractivity contribution in [2.75, 3.05) is 24.7 Å². The number of hydrogen-bond donors (Lipinski definition) is 1. The highest BCUT2D eigenvalue weighted by Gasteiger charge is 2.27. The maximum atomic E-state index is 12.4. The number of rotatable bonds is 2. The molecule has 6 nitrogen and oxygen atoms in total. The van der Waals surface area contributed by atoms with Crippen LogP contribution < -0.4 is 10.1 Å². The molecule has 0 aliphatic carbocycles. The molecule has 0 radical (unpaired) electrons. The van der Waals surface area contributed by atoms with Gasteiger partial charge in [-0.05, 0) is 18.9 Å². The van der Waals surface area contributed by atoms with Gasteiger partial charge in [0.1, 0.15) is 5.75 Å². The van der Waals surface area contributed by atoms with Gasteiger partial charge in [0.15, 0.2) is 9.84 Å². The van der Waals surface area contributed by atoms with Gasteiger partial charge in [-0.3, -0.25) is 0 Å². The van der Waals surface area contributed by atoms with E-state index in [4.69, 9.17) is 4.74 Å². The lowest BCUT2D eigenvalue weighted by atomic mass is 10.1. The van der Waals surface area contributed by atoms with Crippen LogP contribution >= 0.6 is 0 Å². The molecule has 2 amide bonds. The number of carbonyl (C=O) groups is 1. The Morgan fingerprint density at radius 1 is 1.39 bits per heavy atom. The maximum Gasteiger partial charge on any atom is 0.317 e. The average Bonchev–Trinajstić information content (AvgIpc) is 2.95. The quantitative estimate of drug-likeness (QED) is 0.883. The molecule has 1 atom stereocenters. The Labute approximate surface area is 136 Å². The van der Waals surface area contributed by atoms with E-state index in [1.54, 1.807) is 4.90 Å². The molecule has 1 unspecified atom stereocenters. The van der Waals surface area contributed by atoms with Crippen molar-refractivity contribution in [2.24, 2.45) is 0 Å². The van der Waals surface area contributed by atoms with Gasteiger partial charge < -0.3 is 15.0 Å². The molecule has 7 heteroatoms. The number of nitrogens with one attached hydrogen (secondary N) is 1. The minimum Gasteiger partial charge on any atom is -0.493 e. The van der Waals surface area contributed by atoms with Crippen molar-refractivity contribution in [3.8, 4) is 5.75 Å². The smallest absolute Gasteiger partial charge is 0.317 e. The summed E-state index contributed by atoms with van der Waals surface area (Å²) in [5.41, 5.74) is 2.13. The number of nitrogens with zero attached hydrogens (tertiary/aromatic N) is 1. The van der Waals surface area contributed by atoms with Crippen LogP contribution in [0.2, 0.25) is 0 Å². The molecule has 0 spiro atoms. The molecular formula is C16H22N2O4S. The summed E-state index contributed by atoms with van der Waals surface area (Å²) < 4.78 is 29.1. The Morgan fingerprint density at radius 2 is 2.22 bits per heavy atom.